The molecule has 2 N–H and O–H groups in total. The summed E-state index contributed by atoms with van der Waals surface area (Å²) in [7, 11) is 0. The first-order valence-electron chi connectivity index (χ1n) is 8.01. The van der Waals surface area contributed by atoms with E-state index in [-0.39, 0.29) is 28.9 Å². The third-order valence-corrected chi connectivity index (χ3v) is 4.27. The zero-order chi connectivity index (χ0) is 17.8. The summed E-state index contributed by atoms with van der Waals surface area (Å²) < 4.78 is 13.8. The molecule has 1 atom stereocenters. The highest BCUT2D eigenvalue weighted by Gasteiger charge is 2.24. The number of aromatic carboxylic acids is 1. The van der Waals surface area contributed by atoms with Gasteiger partial charge in [0.25, 0.3) is 5.91 Å². The van der Waals surface area contributed by atoms with Crippen molar-refractivity contribution in [3.05, 3.63) is 59.7 Å². The molecule has 0 saturated carbocycles. The minimum Gasteiger partial charge on any atom is -0.477 e. The minimum absolute atomic E-state index is 0.167. The fraction of sp³-hybridized carbons (Fsp3) is 0.278. The normalized spacial score (nSPS) is 16.7. The van der Waals surface area contributed by atoms with Gasteiger partial charge >= 0.3 is 5.97 Å². The van der Waals surface area contributed by atoms with Crippen molar-refractivity contribution in [1.29, 1.82) is 0 Å². The lowest BCUT2D eigenvalue weighted by Gasteiger charge is -2.19. The van der Waals surface area contributed by atoms with Crippen LogP contribution in [0.3, 0.4) is 0 Å². The van der Waals surface area contributed by atoms with Gasteiger partial charge < -0.3 is 15.3 Å². The highest BCUT2D eigenvalue weighted by Crippen LogP contribution is 2.25. The molecule has 0 spiro atoms. The molecule has 1 amide bonds. The van der Waals surface area contributed by atoms with Crippen molar-refractivity contribution in [3.8, 4) is 0 Å². The Balaban J connectivity index is 1.56. The van der Waals surface area contributed by atoms with Gasteiger partial charge in [-0.2, -0.15) is 0 Å². The smallest absolute Gasteiger partial charge is 0.354 e. The molecule has 2 heterocycles. The maximum absolute atomic E-state index is 13.8. The molecule has 1 unspecified atom stereocenters. The maximum atomic E-state index is 13.8. The predicted octanol–water partition coefficient (Wildman–Crippen LogP) is 2.18. The van der Waals surface area contributed by atoms with Crippen molar-refractivity contribution in [1.82, 2.24) is 10.3 Å². The summed E-state index contributed by atoms with van der Waals surface area (Å²) in [5.41, 5.74) is 0.673. The Bertz CT molecular complexity index is 797. The predicted molar refractivity (Wildman–Crippen MR) is 90.2 cm³/mol. The number of benzene rings is 1. The molecule has 1 aromatic carbocycles. The van der Waals surface area contributed by atoms with E-state index in [1.807, 2.05) is 4.90 Å². The van der Waals surface area contributed by atoms with E-state index in [0.29, 0.717) is 18.8 Å². The largest absolute Gasteiger partial charge is 0.477 e. The van der Waals surface area contributed by atoms with Gasteiger partial charge in [-0.25, -0.2) is 14.2 Å². The average molecular weight is 343 g/mol. The van der Waals surface area contributed by atoms with Gasteiger partial charge in [-0.1, -0.05) is 12.1 Å². The van der Waals surface area contributed by atoms with Crippen molar-refractivity contribution < 1.29 is 19.1 Å². The van der Waals surface area contributed by atoms with E-state index in [2.05, 4.69) is 10.3 Å². The molecule has 25 heavy (non-hydrogen) atoms. The Kier molecular flexibility index (Phi) is 4.92. The molecule has 2 aromatic rings. The molecule has 1 saturated heterocycles. The Morgan fingerprint density at radius 2 is 2.12 bits per heavy atom. The van der Waals surface area contributed by atoms with Crippen LogP contribution in [-0.2, 0) is 0 Å². The van der Waals surface area contributed by atoms with Gasteiger partial charge in [0.05, 0.1) is 5.69 Å². The standard InChI is InChI=1S/C18H18FN3O3/c19-14-3-1-2-4-16(14)22-8-6-12(11-22)10-21-17(23)13-5-7-20-15(9-13)18(24)25/h1-5,7,9,12H,6,8,10-11H2,(H,21,23)(H,24,25). The lowest BCUT2D eigenvalue weighted by molar-refractivity contribution is 0.0690. The molecule has 0 bridgehead atoms. The van der Waals surface area contributed by atoms with Crippen LogP contribution in [0.5, 0.6) is 0 Å². The number of aromatic nitrogens is 1. The highest BCUT2D eigenvalue weighted by atomic mass is 19.1. The van der Waals surface area contributed by atoms with E-state index in [9.17, 15) is 14.0 Å². The van der Waals surface area contributed by atoms with E-state index < -0.39 is 5.97 Å². The second-order valence-corrected chi connectivity index (χ2v) is 6.00. The fourth-order valence-electron chi connectivity index (χ4n) is 2.95. The number of carboxylic acids is 1. The molecule has 1 aromatic heterocycles. The Hall–Kier alpha value is -2.96. The summed E-state index contributed by atoms with van der Waals surface area (Å²) in [5.74, 6) is -1.55. The number of rotatable bonds is 5. The van der Waals surface area contributed by atoms with Gasteiger partial charge in [-0.05, 0) is 36.6 Å². The zero-order valence-corrected chi connectivity index (χ0v) is 13.5. The summed E-state index contributed by atoms with van der Waals surface area (Å²) >= 11 is 0. The van der Waals surface area contributed by atoms with Gasteiger partial charge in [0.15, 0.2) is 0 Å². The summed E-state index contributed by atoms with van der Waals surface area (Å²) in [6.45, 7) is 1.85. The molecule has 6 nitrogen and oxygen atoms in total. The van der Waals surface area contributed by atoms with Gasteiger partial charge in [0.1, 0.15) is 11.5 Å². The van der Waals surface area contributed by atoms with Gasteiger partial charge in [-0.15, -0.1) is 0 Å². The molecule has 7 heteroatoms. The number of para-hydroxylation sites is 1. The number of pyridine rings is 1. The third-order valence-electron chi connectivity index (χ3n) is 4.27. The van der Waals surface area contributed by atoms with Crippen LogP contribution >= 0.6 is 0 Å². The lowest BCUT2D eigenvalue weighted by Crippen LogP contribution is -2.31. The molecular formula is C18H18FN3O3. The number of hydrogen-bond acceptors (Lipinski definition) is 4. The van der Waals surface area contributed by atoms with Crippen LogP contribution in [0.1, 0.15) is 27.3 Å². The lowest BCUT2D eigenvalue weighted by atomic mass is 10.1. The number of carbonyl (C=O) groups is 2. The minimum atomic E-state index is -1.18. The third kappa shape index (κ3) is 3.93. The van der Waals surface area contributed by atoms with Crippen LogP contribution in [0.2, 0.25) is 0 Å². The van der Waals surface area contributed by atoms with Crippen LogP contribution in [0, 0.1) is 11.7 Å². The summed E-state index contributed by atoms with van der Waals surface area (Å²) in [6.07, 6.45) is 2.15. The molecular weight excluding hydrogens is 325 g/mol. The van der Waals surface area contributed by atoms with Crippen LogP contribution in [0.4, 0.5) is 10.1 Å². The van der Waals surface area contributed by atoms with Gasteiger partial charge in [0.2, 0.25) is 0 Å². The SMILES string of the molecule is O=C(NCC1CCN(c2ccccc2F)C1)c1ccnc(C(=O)O)c1. The van der Waals surface area contributed by atoms with Crippen LogP contribution < -0.4 is 10.2 Å². The number of carboxylic acid groups (broad SMARTS) is 1. The first-order valence-corrected chi connectivity index (χ1v) is 8.01. The molecule has 1 fully saturated rings. The number of hydrogen-bond donors (Lipinski definition) is 2. The molecule has 1 aliphatic rings. The van der Waals surface area contributed by atoms with Crippen LogP contribution in [0.15, 0.2) is 42.6 Å². The second-order valence-electron chi connectivity index (χ2n) is 6.00. The molecule has 0 radical (unpaired) electrons. The van der Waals surface area contributed by atoms with E-state index in [0.717, 1.165) is 13.0 Å². The van der Waals surface area contributed by atoms with E-state index >= 15 is 0 Å². The average Bonchev–Trinajstić information content (AvgIpc) is 3.09. The zero-order valence-electron chi connectivity index (χ0n) is 13.5. The van der Waals surface area contributed by atoms with Gasteiger partial charge in [0, 0.05) is 31.4 Å². The van der Waals surface area contributed by atoms with Crippen molar-refractivity contribution in [2.45, 2.75) is 6.42 Å². The van der Waals surface area contributed by atoms with Gasteiger partial charge in [-0.3, -0.25) is 4.79 Å². The molecule has 130 valence electrons. The van der Waals surface area contributed by atoms with E-state index in [1.165, 1.54) is 24.4 Å². The van der Waals surface area contributed by atoms with Crippen molar-refractivity contribution in [3.63, 3.8) is 0 Å². The van der Waals surface area contributed by atoms with Crippen molar-refractivity contribution in [2.75, 3.05) is 24.5 Å². The fourth-order valence-corrected chi connectivity index (χ4v) is 2.95. The first kappa shape index (κ1) is 16.9. The number of nitrogens with zero attached hydrogens (tertiary/aromatic N) is 2. The molecule has 1 aliphatic heterocycles. The maximum Gasteiger partial charge on any atom is 0.354 e. The number of halogens is 1. The summed E-state index contributed by atoms with van der Waals surface area (Å²) in [5, 5.41) is 11.7. The number of amides is 1. The number of anilines is 1. The topological polar surface area (TPSA) is 82.5 Å². The van der Waals surface area contributed by atoms with Crippen molar-refractivity contribution in [2.24, 2.45) is 5.92 Å². The van der Waals surface area contributed by atoms with Crippen LogP contribution in [0.25, 0.3) is 0 Å². The Morgan fingerprint density at radius 1 is 1.32 bits per heavy atom. The number of nitrogens with one attached hydrogen (secondary N) is 1. The monoisotopic (exact) mass is 343 g/mol. The number of carbonyl (C=O) groups excluding carboxylic acids is 1. The molecule has 3 rings (SSSR count). The highest BCUT2D eigenvalue weighted by molar-refractivity contribution is 5.96. The first-order chi connectivity index (χ1) is 12.0. The summed E-state index contributed by atoms with van der Waals surface area (Å²) in [4.78, 5) is 28.7. The van der Waals surface area contributed by atoms with E-state index in [1.54, 1.807) is 18.2 Å². The Morgan fingerprint density at radius 3 is 2.88 bits per heavy atom. The van der Waals surface area contributed by atoms with E-state index in [4.69, 9.17) is 5.11 Å². The second kappa shape index (κ2) is 7.29. The summed E-state index contributed by atoms with van der Waals surface area (Å²) in [6, 6.07) is 9.37. The van der Waals surface area contributed by atoms with Crippen LogP contribution in [-0.4, -0.2) is 41.6 Å². The van der Waals surface area contributed by atoms with Crippen molar-refractivity contribution >= 4 is 17.6 Å². The molecule has 0 aliphatic carbocycles. The quantitative estimate of drug-likeness (QED) is 0.869. The Labute approximate surface area is 144 Å².